The third-order valence-corrected chi connectivity index (χ3v) is 5.00. The number of hydrogen-bond acceptors (Lipinski definition) is 2. The number of morpholine rings is 1. The molecule has 128 valence electrons. The highest BCUT2D eigenvalue weighted by atomic mass is 127. The zero-order valence-corrected chi connectivity index (χ0v) is 16.1. The van der Waals surface area contributed by atoms with Gasteiger partial charge < -0.3 is 15.4 Å². The van der Waals surface area contributed by atoms with Gasteiger partial charge in [-0.25, -0.2) is 0 Å². The first kappa shape index (κ1) is 18.5. The lowest BCUT2D eigenvalue weighted by molar-refractivity contribution is 0.0673. The van der Waals surface area contributed by atoms with E-state index in [0.717, 1.165) is 39.3 Å². The summed E-state index contributed by atoms with van der Waals surface area (Å²) in [5.41, 5.74) is 7.92. The first-order valence-corrected chi connectivity index (χ1v) is 8.44. The fourth-order valence-corrected chi connectivity index (χ4v) is 3.69. The predicted molar refractivity (Wildman–Crippen MR) is 105 cm³/mol. The van der Waals surface area contributed by atoms with Crippen LogP contribution in [0.5, 0.6) is 0 Å². The zero-order chi connectivity index (χ0) is 15.3. The Bertz CT molecular complexity index is 494. The number of ether oxygens (including phenoxy) is 1. The lowest BCUT2D eigenvalue weighted by Gasteiger charge is -2.30. The second-order valence-corrected chi connectivity index (χ2v) is 6.64. The van der Waals surface area contributed by atoms with E-state index in [2.05, 4.69) is 35.2 Å². The lowest BCUT2D eigenvalue weighted by Crippen LogP contribution is -2.45. The van der Waals surface area contributed by atoms with E-state index in [0.29, 0.717) is 11.4 Å². The van der Waals surface area contributed by atoms with Gasteiger partial charge in [0.1, 0.15) is 0 Å². The minimum Gasteiger partial charge on any atom is -0.378 e. The number of nitrogens with zero attached hydrogens (tertiary/aromatic N) is 2. The fourth-order valence-electron chi connectivity index (χ4n) is 3.69. The molecule has 0 atom stereocenters. The van der Waals surface area contributed by atoms with E-state index >= 15 is 0 Å². The molecule has 1 heterocycles. The van der Waals surface area contributed by atoms with E-state index in [9.17, 15) is 0 Å². The number of guanidine groups is 1. The summed E-state index contributed by atoms with van der Waals surface area (Å²) in [6, 6.07) is 10.8. The summed E-state index contributed by atoms with van der Waals surface area (Å²) < 4.78 is 5.37. The van der Waals surface area contributed by atoms with Gasteiger partial charge in [0.05, 0.1) is 13.2 Å². The molecule has 1 aromatic rings. The molecular weight excluding hydrogens is 401 g/mol. The molecule has 5 heteroatoms. The van der Waals surface area contributed by atoms with Crippen molar-refractivity contribution >= 4 is 29.9 Å². The van der Waals surface area contributed by atoms with Gasteiger partial charge in [0.2, 0.25) is 0 Å². The van der Waals surface area contributed by atoms with Crippen LogP contribution in [0, 0.1) is 5.41 Å². The third kappa shape index (κ3) is 5.08. The molecule has 1 saturated heterocycles. The highest BCUT2D eigenvalue weighted by molar-refractivity contribution is 14.0. The maximum absolute atomic E-state index is 6.20. The van der Waals surface area contributed by atoms with E-state index in [1.807, 2.05) is 0 Å². The van der Waals surface area contributed by atoms with Gasteiger partial charge in [0, 0.05) is 19.6 Å². The van der Waals surface area contributed by atoms with E-state index < -0.39 is 0 Å². The summed E-state index contributed by atoms with van der Waals surface area (Å²) in [6.45, 7) is 4.09. The predicted octanol–water partition coefficient (Wildman–Crippen LogP) is 3.05. The van der Waals surface area contributed by atoms with Crippen LogP contribution in [0.25, 0.3) is 0 Å². The quantitative estimate of drug-likeness (QED) is 0.455. The normalized spacial score (nSPS) is 21.0. The number of hydrogen-bond donors (Lipinski definition) is 1. The molecule has 0 aromatic heterocycles. The molecule has 3 rings (SSSR count). The largest absolute Gasteiger partial charge is 0.378 e. The van der Waals surface area contributed by atoms with Crippen LogP contribution < -0.4 is 5.73 Å². The summed E-state index contributed by atoms with van der Waals surface area (Å²) in [5.74, 6) is 0.697. The molecule has 4 nitrogen and oxygen atoms in total. The van der Waals surface area contributed by atoms with Crippen LogP contribution in [0.1, 0.15) is 31.2 Å². The minimum atomic E-state index is 0. The number of halogens is 1. The van der Waals surface area contributed by atoms with Gasteiger partial charge in [-0.05, 0) is 30.2 Å². The Balaban J connectivity index is 0.00000192. The molecule has 1 aliphatic carbocycles. The molecule has 1 aromatic carbocycles. The first-order chi connectivity index (χ1) is 10.8. The maximum atomic E-state index is 6.20. The summed E-state index contributed by atoms with van der Waals surface area (Å²) >= 11 is 0. The van der Waals surface area contributed by atoms with Crippen molar-refractivity contribution < 1.29 is 4.74 Å². The summed E-state index contributed by atoms with van der Waals surface area (Å²) in [6.07, 6.45) is 6.29. The van der Waals surface area contributed by atoms with Crippen molar-refractivity contribution in [2.45, 2.75) is 32.1 Å². The van der Waals surface area contributed by atoms with E-state index in [-0.39, 0.29) is 24.0 Å². The van der Waals surface area contributed by atoms with Crippen LogP contribution in [-0.4, -0.2) is 43.7 Å². The minimum absolute atomic E-state index is 0. The average molecular weight is 429 g/mol. The SMILES string of the molecule is I.NC(=NCC1(Cc2ccccc2)CCCC1)N1CCOCC1. The molecular formula is C18H28IN3O. The Morgan fingerprint density at radius 3 is 2.43 bits per heavy atom. The summed E-state index contributed by atoms with van der Waals surface area (Å²) in [4.78, 5) is 6.91. The van der Waals surface area contributed by atoms with Crippen molar-refractivity contribution in [2.75, 3.05) is 32.8 Å². The Hall–Kier alpha value is -0.820. The van der Waals surface area contributed by atoms with Crippen molar-refractivity contribution in [3.8, 4) is 0 Å². The summed E-state index contributed by atoms with van der Waals surface area (Å²) in [7, 11) is 0. The van der Waals surface area contributed by atoms with Crippen molar-refractivity contribution in [2.24, 2.45) is 16.1 Å². The molecule has 23 heavy (non-hydrogen) atoms. The maximum Gasteiger partial charge on any atom is 0.191 e. The van der Waals surface area contributed by atoms with Crippen molar-refractivity contribution in [1.29, 1.82) is 0 Å². The molecule has 2 fully saturated rings. The van der Waals surface area contributed by atoms with Crippen LogP contribution in [0.15, 0.2) is 35.3 Å². The molecule has 1 aliphatic heterocycles. The van der Waals surface area contributed by atoms with Gasteiger partial charge in [-0.2, -0.15) is 0 Å². The standard InChI is InChI=1S/C18H27N3O.HI/c19-17(21-10-12-22-13-11-21)20-15-18(8-4-5-9-18)14-16-6-2-1-3-7-16;/h1-3,6-7H,4-5,8-15H2,(H2,19,20);1H. The van der Waals surface area contributed by atoms with Crippen LogP contribution >= 0.6 is 24.0 Å². The van der Waals surface area contributed by atoms with E-state index in [1.54, 1.807) is 0 Å². The van der Waals surface area contributed by atoms with Gasteiger partial charge >= 0.3 is 0 Å². The number of rotatable bonds is 4. The number of nitrogens with two attached hydrogens (primary N) is 1. The van der Waals surface area contributed by atoms with Crippen molar-refractivity contribution in [3.63, 3.8) is 0 Å². The first-order valence-electron chi connectivity index (χ1n) is 8.44. The summed E-state index contributed by atoms with van der Waals surface area (Å²) in [5, 5.41) is 0. The Morgan fingerprint density at radius 1 is 1.13 bits per heavy atom. The van der Waals surface area contributed by atoms with Crippen LogP contribution in [0.3, 0.4) is 0 Å². The molecule has 0 radical (unpaired) electrons. The fraction of sp³-hybridized carbons (Fsp3) is 0.611. The molecule has 0 bridgehead atoms. The number of aliphatic imine (C=N–C) groups is 1. The van der Waals surface area contributed by atoms with Crippen LogP contribution in [-0.2, 0) is 11.2 Å². The molecule has 1 saturated carbocycles. The van der Waals surface area contributed by atoms with Crippen molar-refractivity contribution in [3.05, 3.63) is 35.9 Å². The van der Waals surface area contributed by atoms with Gasteiger partial charge in [-0.3, -0.25) is 4.99 Å². The van der Waals surface area contributed by atoms with E-state index in [4.69, 9.17) is 15.5 Å². The second-order valence-electron chi connectivity index (χ2n) is 6.64. The smallest absolute Gasteiger partial charge is 0.191 e. The van der Waals surface area contributed by atoms with E-state index in [1.165, 1.54) is 31.2 Å². The Labute approximate surface area is 156 Å². The van der Waals surface area contributed by atoms with Crippen LogP contribution in [0.4, 0.5) is 0 Å². The van der Waals surface area contributed by atoms with Gasteiger partial charge in [0.25, 0.3) is 0 Å². The van der Waals surface area contributed by atoms with Gasteiger partial charge in [-0.15, -0.1) is 24.0 Å². The topological polar surface area (TPSA) is 50.8 Å². The highest BCUT2D eigenvalue weighted by Gasteiger charge is 2.34. The Kier molecular flexibility index (Phi) is 7.14. The molecule has 0 spiro atoms. The molecule has 0 unspecified atom stereocenters. The molecule has 0 amide bonds. The van der Waals surface area contributed by atoms with Crippen LogP contribution in [0.2, 0.25) is 0 Å². The van der Waals surface area contributed by atoms with Gasteiger partial charge in [-0.1, -0.05) is 43.2 Å². The molecule has 2 N–H and O–H groups in total. The lowest BCUT2D eigenvalue weighted by atomic mass is 9.80. The second kappa shape index (κ2) is 8.87. The van der Waals surface area contributed by atoms with Gasteiger partial charge in [0.15, 0.2) is 5.96 Å². The third-order valence-electron chi connectivity index (χ3n) is 5.00. The Morgan fingerprint density at radius 2 is 1.78 bits per heavy atom. The average Bonchev–Trinajstić information content (AvgIpc) is 3.03. The number of benzene rings is 1. The highest BCUT2D eigenvalue weighted by Crippen LogP contribution is 2.41. The zero-order valence-electron chi connectivity index (χ0n) is 13.7. The monoisotopic (exact) mass is 429 g/mol. The molecule has 2 aliphatic rings. The van der Waals surface area contributed by atoms with Crippen molar-refractivity contribution in [1.82, 2.24) is 4.90 Å².